The Labute approximate surface area is 177 Å². The van der Waals surface area contributed by atoms with Crippen LogP contribution in [0.3, 0.4) is 0 Å². The van der Waals surface area contributed by atoms with Crippen molar-refractivity contribution < 1.29 is 17.6 Å². The minimum atomic E-state index is -3.54. The first-order valence-electron chi connectivity index (χ1n) is 9.36. The van der Waals surface area contributed by atoms with Gasteiger partial charge in [-0.15, -0.1) is 10.2 Å². The van der Waals surface area contributed by atoms with Gasteiger partial charge < -0.3 is 5.32 Å². The standard InChI is InChI=1S/C20H19FN4O3S2/c21-15-8-4-9-16(12-15)22-18(26)20-24-23-19(29-20)17-10-5-11-25(17)30(27,28)13-14-6-2-1-3-7-14/h1-4,6-9,12,17H,5,10-11,13H2,(H,22,26)/t17-/m0/s1. The van der Waals surface area contributed by atoms with Crippen molar-refractivity contribution in [3.05, 3.63) is 76.0 Å². The Hall–Kier alpha value is -2.69. The van der Waals surface area contributed by atoms with Crippen LogP contribution in [0.5, 0.6) is 0 Å². The molecule has 7 nitrogen and oxygen atoms in total. The Kier molecular flexibility index (Phi) is 5.89. The van der Waals surface area contributed by atoms with Crippen molar-refractivity contribution in [2.45, 2.75) is 24.6 Å². The van der Waals surface area contributed by atoms with Crippen LogP contribution in [-0.2, 0) is 15.8 Å². The lowest BCUT2D eigenvalue weighted by atomic mass is 10.2. The first kappa shape index (κ1) is 20.6. The molecule has 1 N–H and O–H groups in total. The molecule has 0 spiro atoms. The topological polar surface area (TPSA) is 92.3 Å². The molecular weight excluding hydrogens is 427 g/mol. The van der Waals surface area contributed by atoms with Crippen LogP contribution in [0.4, 0.5) is 10.1 Å². The smallest absolute Gasteiger partial charge is 0.286 e. The first-order chi connectivity index (χ1) is 14.4. The second kappa shape index (κ2) is 8.58. The highest BCUT2D eigenvalue weighted by molar-refractivity contribution is 7.88. The van der Waals surface area contributed by atoms with Crippen molar-refractivity contribution in [1.29, 1.82) is 0 Å². The molecule has 30 heavy (non-hydrogen) atoms. The van der Waals surface area contributed by atoms with Crippen molar-refractivity contribution in [1.82, 2.24) is 14.5 Å². The zero-order valence-corrected chi connectivity index (χ0v) is 17.5. The molecule has 10 heteroatoms. The molecular formula is C20H19FN4O3S2. The summed E-state index contributed by atoms with van der Waals surface area (Å²) in [5, 5.41) is 11.2. The number of nitrogens with one attached hydrogen (secondary N) is 1. The highest BCUT2D eigenvalue weighted by Crippen LogP contribution is 2.36. The van der Waals surface area contributed by atoms with Crippen molar-refractivity contribution in [2.75, 3.05) is 11.9 Å². The van der Waals surface area contributed by atoms with Crippen molar-refractivity contribution in [2.24, 2.45) is 0 Å². The average Bonchev–Trinajstić information content (AvgIpc) is 3.38. The van der Waals surface area contributed by atoms with E-state index < -0.39 is 27.8 Å². The van der Waals surface area contributed by atoms with Crippen LogP contribution in [0, 0.1) is 5.82 Å². The van der Waals surface area contributed by atoms with Gasteiger partial charge in [0.2, 0.25) is 15.0 Å². The number of halogens is 1. The number of aromatic nitrogens is 2. The maximum atomic E-state index is 13.3. The van der Waals surface area contributed by atoms with Crippen molar-refractivity contribution in [3.8, 4) is 0 Å². The molecule has 1 amide bonds. The Bertz CT molecular complexity index is 1150. The van der Waals surface area contributed by atoms with Crippen molar-refractivity contribution >= 4 is 33.0 Å². The Morgan fingerprint density at radius 2 is 1.97 bits per heavy atom. The van der Waals surface area contributed by atoms with E-state index in [2.05, 4.69) is 15.5 Å². The molecule has 0 radical (unpaired) electrons. The fourth-order valence-electron chi connectivity index (χ4n) is 3.40. The Balaban J connectivity index is 1.50. The number of benzene rings is 2. The van der Waals surface area contributed by atoms with E-state index >= 15 is 0 Å². The van der Waals surface area contributed by atoms with E-state index in [-0.39, 0.29) is 10.8 Å². The van der Waals surface area contributed by atoms with E-state index in [0.717, 1.165) is 16.9 Å². The number of anilines is 1. The minimum Gasteiger partial charge on any atom is -0.320 e. The summed E-state index contributed by atoms with van der Waals surface area (Å²) in [5.74, 6) is -1.06. The van der Waals surface area contributed by atoms with E-state index in [1.807, 2.05) is 6.07 Å². The molecule has 0 aliphatic carbocycles. The maximum Gasteiger partial charge on any atom is 0.286 e. The molecule has 1 atom stereocenters. The number of carbonyl (C=O) groups excluding carboxylic acids is 1. The first-order valence-corrected chi connectivity index (χ1v) is 11.8. The third kappa shape index (κ3) is 4.55. The molecule has 4 rings (SSSR count). The highest BCUT2D eigenvalue weighted by atomic mass is 32.2. The summed E-state index contributed by atoms with van der Waals surface area (Å²) in [4.78, 5) is 12.4. The van der Waals surface area contributed by atoms with Gasteiger partial charge in [0.25, 0.3) is 5.91 Å². The largest absolute Gasteiger partial charge is 0.320 e. The molecule has 0 unspecified atom stereocenters. The van der Waals surface area contributed by atoms with Crippen LogP contribution in [0.15, 0.2) is 54.6 Å². The van der Waals surface area contributed by atoms with Gasteiger partial charge in [-0.25, -0.2) is 12.8 Å². The molecule has 156 valence electrons. The predicted octanol–water partition coefficient (Wildman–Crippen LogP) is 3.60. The molecule has 1 saturated heterocycles. The van der Waals surface area contributed by atoms with E-state index in [1.165, 1.54) is 22.5 Å². The maximum absolute atomic E-state index is 13.3. The van der Waals surface area contributed by atoms with E-state index in [4.69, 9.17) is 0 Å². The minimum absolute atomic E-state index is 0.0872. The number of sulfonamides is 1. The summed E-state index contributed by atoms with van der Waals surface area (Å²) in [6.45, 7) is 0.407. The number of hydrogen-bond donors (Lipinski definition) is 1. The lowest BCUT2D eigenvalue weighted by Gasteiger charge is -2.22. The summed E-state index contributed by atoms with van der Waals surface area (Å²) in [6, 6.07) is 14.1. The van der Waals surface area contributed by atoms with Gasteiger partial charge in [-0.1, -0.05) is 47.7 Å². The van der Waals surface area contributed by atoms with Gasteiger partial charge in [-0.2, -0.15) is 4.31 Å². The number of hydrogen-bond acceptors (Lipinski definition) is 6. The summed E-state index contributed by atoms with van der Waals surface area (Å²) in [6.07, 6.45) is 1.33. The lowest BCUT2D eigenvalue weighted by molar-refractivity contribution is 0.102. The summed E-state index contributed by atoms with van der Waals surface area (Å²) in [7, 11) is -3.54. The highest BCUT2D eigenvalue weighted by Gasteiger charge is 2.37. The van der Waals surface area contributed by atoms with Crippen LogP contribution in [0.25, 0.3) is 0 Å². The number of amides is 1. The molecule has 1 aromatic heterocycles. The van der Waals surface area contributed by atoms with Gasteiger partial charge in [0.1, 0.15) is 10.8 Å². The molecule has 0 bridgehead atoms. The monoisotopic (exact) mass is 446 g/mol. The van der Waals surface area contributed by atoms with Crippen molar-refractivity contribution in [3.63, 3.8) is 0 Å². The average molecular weight is 447 g/mol. The molecule has 0 saturated carbocycles. The fourth-order valence-corrected chi connectivity index (χ4v) is 6.13. The lowest BCUT2D eigenvalue weighted by Crippen LogP contribution is -2.31. The van der Waals surface area contributed by atoms with E-state index in [9.17, 15) is 17.6 Å². The van der Waals surface area contributed by atoms with E-state index in [0.29, 0.717) is 30.1 Å². The zero-order valence-electron chi connectivity index (χ0n) is 15.9. The molecule has 2 heterocycles. The summed E-state index contributed by atoms with van der Waals surface area (Å²) in [5.41, 5.74) is 1.03. The van der Waals surface area contributed by atoms with E-state index in [1.54, 1.807) is 30.3 Å². The third-order valence-electron chi connectivity index (χ3n) is 4.76. The fraction of sp³-hybridized carbons (Fsp3) is 0.250. The van der Waals surface area contributed by atoms with Gasteiger partial charge in [0, 0.05) is 12.2 Å². The summed E-state index contributed by atoms with van der Waals surface area (Å²) < 4.78 is 40.7. The van der Waals surface area contributed by atoms with Gasteiger partial charge in [0.15, 0.2) is 0 Å². The van der Waals surface area contributed by atoms with Gasteiger partial charge in [-0.05, 0) is 36.6 Å². The number of rotatable bonds is 6. The van der Waals surface area contributed by atoms with Crippen LogP contribution < -0.4 is 5.32 Å². The molecule has 3 aromatic rings. The SMILES string of the molecule is O=C(Nc1cccc(F)c1)c1nnc([C@@H]2CCCN2S(=O)(=O)Cc2ccccc2)s1. The van der Waals surface area contributed by atoms with Crippen LogP contribution >= 0.6 is 11.3 Å². The van der Waals surface area contributed by atoms with Crippen LogP contribution in [0.2, 0.25) is 0 Å². The number of nitrogens with zero attached hydrogens (tertiary/aromatic N) is 3. The zero-order chi connectivity index (χ0) is 21.1. The van der Waals surface area contributed by atoms with Crippen LogP contribution in [0.1, 0.15) is 39.3 Å². The number of carbonyl (C=O) groups is 1. The van der Waals surface area contributed by atoms with Crippen LogP contribution in [-0.4, -0.2) is 35.4 Å². The normalized spacial score (nSPS) is 17.2. The van der Waals surface area contributed by atoms with Gasteiger partial charge in [0.05, 0.1) is 11.8 Å². The predicted molar refractivity (Wildman–Crippen MR) is 112 cm³/mol. The molecule has 2 aromatic carbocycles. The second-order valence-corrected chi connectivity index (χ2v) is 9.85. The Morgan fingerprint density at radius 1 is 1.17 bits per heavy atom. The molecule has 1 fully saturated rings. The van der Waals surface area contributed by atoms with Gasteiger partial charge in [-0.3, -0.25) is 4.79 Å². The van der Waals surface area contributed by atoms with Gasteiger partial charge >= 0.3 is 0 Å². The third-order valence-corrected chi connectivity index (χ3v) is 7.63. The quantitative estimate of drug-likeness (QED) is 0.625. The molecule has 1 aliphatic heterocycles. The molecule has 1 aliphatic rings. The summed E-state index contributed by atoms with van der Waals surface area (Å²) >= 11 is 1.05. The Morgan fingerprint density at radius 3 is 2.73 bits per heavy atom. The second-order valence-electron chi connectivity index (χ2n) is 6.92.